The fraction of sp³-hybridized carbons (Fsp3) is 0.304. The third kappa shape index (κ3) is 3.17. The maximum Gasteiger partial charge on any atom is 0.417 e. The highest BCUT2D eigenvalue weighted by Crippen LogP contribution is 2.50. The van der Waals surface area contributed by atoms with Crippen molar-refractivity contribution in [3.05, 3.63) is 71.6 Å². The molecule has 31 heavy (non-hydrogen) atoms. The molecular formula is C23H20F3N3O2. The number of rotatable bonds is 3. The van der Waals surface area contributed by atoms with Gasteiger partial charge in [-0.05, 0) is 62.1 Å². The number of benzene rings is 2. The van der Waals surface area contributed by atoms with E-state index < -0.39 is 28.9 Å². The molecule has 160 valence electrons. The summed E-state index contributed by atoms with van der Waals surface area (Å²) in [4.78, 5) is 16.4. The van der Waals surface area contributed by atoms with Crippen molar-refractivity contribution in [2.24, 2.45) is 0 Å². The van der Waals surface area contributed by atoms with Gasteiger partial charge in [-0.1, -0.05) is 18.7 Å². The van der Waals surface area contributed by atoms with E-state index in [4.69, 9.17) is 5.26 Å². The first-order valence-electron chi connectivity index (χ1n) is 9.83. The zero-order valence-electron chi connectivity index (χ0n) is 16.8. The van der Waals surface area contributed by atoms with Crippen molar-refractivity contribution in [1.29, 1.82) is 5.26 Å². The highest BCUT2D eigenvalue weighted by molar-refractivity contribution is 6.10. The Hall–Kier alpha value is -3.31. The number of hydrogen-bond donors (Lipinski definition) is 1. The summed E-state index contributed by atoms with van der Waals surface area (Å²) in [5.74, 6) is -0.0754. The minimum Gasteiger partial charge on any atom is -0.389 e. The van der Waals surface area contributed by atoms with Crippen molar-refractivity contribution in [1.82, 2.24) is 0 Å². The zero-order chi connectivity index (χ0) is 22.6. The topological polar surface area (TPSA) is 67.6 Å². The average Bonchev–Trinajstić information content (AvgIpc) is 2.93. The van der Waals surface area contributed by atoms with E-state index in [0.29, 0.717) is 24.1 Å². The number of hydrogen-bond acceptors (Lipinski definition) is 4. The zero-order valence-corrected chi connectivity index (χ0v) is 16.8. The Morgan fingerprint density at radius 1 is 1.16 bits per heavy atom. The third-order valence-corrected chi connectivity index (χ3v) is 6.05. The van der Waals surface area contributed by atoms with Crippen LogP contribution in [-0.4, -0.2) is 16.6 Å². The summed E-state index contributed by atoms with van der Waals surface area (Å²) < 4.78 is 40.4. The molecule has 1 amide bonds. The fourth-order valence-corrected chi connectivity index (χ4v) is 4.28. The number of amides is 1. The standard InChI is InChI=1S/C23H20F3N3O2/c1-14(30)16-4-7-18(8-5-16)29-15(2)28(21(31)22(29)10-3-11-22)19-9-6-17(13-27)20(12-19)23(24,25)26/h4-9,12,14,30H,2-3,10-11H2,1H3. The van der Waals surface area contributed by atoms with Gasteiger partial charge in [-0.3, -0.25) is 9.69 Å². The van der Waals surface area contributed by atoms with Gasteiger partial charge in [-0.25, -0.2) is 0 Å². The predicted molar refractivity (Wildman–Crippen MR) is 109 cm³/mol. The second-order valence-corrected chi connectivity index (χ2v) is 7.88. The van der Waals surface area contributed by atoms with E-state index in [-0.39, 0.29) is 17.4 Å². The molecule has 0 aromatic heterocycles. The number of alkyl halides is 3. The van der Waals surface area contributed by atoms with Gasteiger partial charge in [0.05, 0.1) is 29.0 Å². The van der Waals surface area contributed by atoms with Crippen LogP contribution >= 0.6 is 0 Å². The van der Waals surface area contributed by atoms with Crippen molar-refractivity contribution in [2.45, 2.75) is 44.0 Å². The number of anilines is 2. The molecule has 4 rings (SSSR count). The van der Waals surface area contributed by atoms with Crippen LogP contribution in [0.2, 0.25) is 0 Å². The van der Waals surface area contributed by atoms with Gasteiger partial charge in [0.25, 0.3) is 5.91 Å². The molecule has 1 saturated heterocycles. The highest BCUT2D eigenvalue weighted by atomic mass is 19.4. The second kappa shape index (κ2) is 7.13. The number of nitriles is 1. The van der Waals surface area contributed by atoms with E-state index in [0.717, 1.165) is 18.6 Å². The normalized spacial score (nSPS) is 18.8. The summed E-state index contributed by atoms with van der Waals surface area (Å²) >= 11 is 0. The number of carbonyl (C=O) groups is 1. The van der Waals surface area contributed by atoms with E-state index in [1.165, 1.54) is 11.0 Å². The van der Waals surface area contributed by atoms with Gasteiger partial charge in [-0.2, -0.15) is 18.4 Å². The molecule has 2 aliphatic rings. The molecule has 1 aliphatic carbocycles. The van der Waals surface area contributed by atoms with Crippen LogP contribution in [0.25, 0.3) is 0 Å². The summed E-state index contributed by atoms with van der Waals surface area (Å²) in [6.07, 6.45) is -3.44. The van der Waals surface area contributed by atoms with Crippen molar-refractivity contribution in [3.8, 4) is 6.07 Å². The smallest absolute Gasteiger partial charge is 0.389 e. The second-order valence-electron chi connectivity index (χ2n) is 7.88. The summed E-state index contributed by atoms with van der Waals surface area (Å²) in [7, 11) is 0. The molecule has 1 N–H and O–H groups in total. The molecule has 1 heterocycles. The predicted octanol–water partition coefficient (Wildman–Crippen LogP) is 4.88. The van der Waals surface area contributed by atoms with Crippen molar-refractivity contribution >= 4 is 17.3 Å². The van der Waals surface area contributed by atoms with Crippen LogP contribution in [0.1, 0.15) is 49.0 Å². The van der Waals surface area contributed by atoms with Crippen LogP contribution < -0.4 is 9.80 Å². The van der Waals surface area contributed by atoms with Crippen molar-refractivity contribution < 1.29 is 23.1 Å². The lowest BCUT2D eigenvalue weighted by atomic mass is 9.75. The Morgan fingerprint density at radius 2 is 1.77 bits per heavy atom. The molecule has 8 heteroatoms. The summed E-state index contributed by atoms with van der Waals surface area (Å²) in [5.41, 5.74) is -1.07. The SMILES string of the molecule is C=C1N(c2ccc(C#N)c(C(F)(F)F)c2)C(=O)C2(CCC2)N1c1ccc(C(C)O)cc1. The largest absolute Gasteiger partial charge is 0.417 e. The Balaban J connectivity index is 1.79. The maximum atomic E-state index is 13.5. The van der Waals surface area contributed by atoms with Gasteiger partial charge in [0, 0.05) is 5.69 Å². The number of aliphatic hydroxyl groups is 1. The van der Waals surface area contributed by atoms with Crippen LogP contribution in [0.4, 0.5) is 24.5 Å². The number of halogens is 3. The van der Waals surface area contributed by atoms with Gasteiger partial charge in [0.2, 0.25) is 0 Å². The molecule has 1 saturated carbocycles. The first-order chi connectivity index (χ1) is 14.6. The van der Waals surface area contributed by atoms with Crippen LogP contribution in [0, 0.1) is 11.3 Å². The first-order valence-corrected chi connectivity index (χ1v) is 9.83. The number of aliphatic hydroxyl groups excluding tert-OH is 1. The Kier molecular flexibility index (Phi) is 4.82. The first kappa shape index (κ1) is 20.9. The van der Waals surface area contributed by atoms with Crippen LogP contribution in [0.5, 0.6) is 0 Å². The third-order valence-electron chi connectivity index (χ3n) is 6.05. The van der Waals surface area contributed by atoms with E-state index in [1.54, 1.807) is 42.2 Å². The van der Waals surface area contributed by atoms with Gasteiger partial charge in [0.15, 0.2) is 0 Å². The number of nitrogens with zero attached hydrogens (tertiary/aromatic N) is 3. The molecule has 2 fully saturated rings. The fourth-order valence-electron chi connectivity index (χ4n) is 4.28. The van der Waals surface area contributed by atoms with E-state index in [1.807, 2.05) is 0 Å². The monoisotopic (exact) mass is 427 g/mol. The van der Waals surface area contributed by atoms with E-state index >= 15 is 0 Å². The number of carbonyl (C=O) groups excluding carboxylic acids is 1. The minimum absolute atomic E-state index is 0.0238. The van der Waals surface area contributed by atoms with E-state index in [2.05, 4.69) is 6.58 Å². The Labute approximate surface area is 177 Å². The lowest BCUT2D eigenvalue weighted by Crippen LogP contribution is -2.54. The lowest BCUT2D eigenvalue weighted by Gasteiger charge is -2.43. The lowest BCUT2D eigenvalue weighted by molar-refractivity contribution is -0.137. The molecule has 5 nitrogen and oxygen atoms in total. The van der Waals surface area contributed by atoms with Crippen LogP contribution in [0.15, 0.2) is 54.9 Å². The highest BCUT2D eigenvalue weighted by Gasteiger charge is 2.58. The van der Waals surface area contributed by atoms with Crippen LogP contribution in [0.3, 0.4) is 0 Å². The molecule has 0 radical (unpaired) electrons. The molecule has 1 atom stereocenters. The molecule has 0 bridgehead atoms. The molecule has 1 unspecified atom stereocenters. The van der Waals surface area contributed by atoms with Gasteiger partial charge in [0.1, 0.15) is 11.4 Å². The molecule has 2 aromatic carbocycles. The summed E-state index contributed by atoms with van der Waals surface area (Å²) in [6.45, 7) is 5.67. The van der Waals surface area contributed by atoms with E-state index in [9.17, 15) is 23.1 Å². The maximum absolute atomic E-state index is 13.5. The Morgan fingerprint density at radius 3 is 2.26 bits per heavy atom. The average molecular weight is 427 g/mol. The molecule has 1 aliphatic heterocycles. The Bertz CT molecular complexity index is 1100. The molecule has 2 aromatic rings. The molecule has 1 spiro atoms. The summed E-state index contributed by atoms with van der Waals surface area (Å²) in [6, 6.07) is 11.8. The summed E-state index contributed by atoms with van der Waals surface area (Å²) in [5, 5.41) is 18.8. The van der Waals surface area contributed by atoms with Crippen molar-refractivity contribution in [3.63, 3.8) is 0 Å². The van der Waals surface area contributed by atoms with Gasteiger partial charge >= 0.3 is 6.18 Å². The molecular weight excluding hydrogens is 407 g/mol. The van der Waals surface area contributed by atoms with Crippen LogP contribution in [-0.2, 0) is 11.0 Å². The van der Waals surface area contributed by atoms with Gasteiger partial charge < -0.3 is 10.0 Å². The van der Waals surface area contributed by atoms with Crippen molar-refractivity contribution in [2.75, 3.05) is 9.80 Å². The van der Waals surface area contributed by atoms with Gasteiger partial charge in [-0.15, -0.1) is 0 Å². The minimum atomic E-state index is -4.73. The quantitative estimate of drug-likeness (QED) is 0.758.